The van der Waals surface area contributed by atoms with E-state index in [2.05, 4.69) is 11.8 Å². The molecule has 0 saturated carbocycles. The smallest absolute Gasteiger partial charge is 0.253 e. The number of amides is 2. The molecule has 2 amide bonds. The Morgan fingerprint density at radius 3 is 2.46 bits per heavy atom. The second-order valence-electron chi connectivity index (χ2n) is 7.62. The number of rotatable bonds is 5. The lowest BCUT2D eigenvalue weighted by atomic mass is 10.1. The van der Waals surface area contributed by atoms with Gasteiger partial charge in [0.05, 0.1) is 13.0 Å². The standard InChI is InChI=1S/C23H27N3O2/c1-2-10-24-11-13-25(14-12-24)23(28)19-8-9-21-20(15-19)16-22(27)26(21)17-18-6-4-3-5-7-18/h3-9,15H,2,10-14,16-17H2,1H3. The molecule has 0 aromatic heterocycles. The van der Waals surface area contributed by atoms with Gasteiger partial charge in [-0.15, -0.1) is 0 Å². The van der Waals surface area contributed by atoms with Crippen molar-refractivity contribution >= 4 is 17.5 Å². The van der Waals surface area contributed by atoms with E-state index in [1.54, 1.807) is 0 Å². The van der Waals surface area contributed by atoms with Crippen molar-refractivity contribution in [2.75, 3.05) is 37.6 Å². The molecule has 0 atom stereocenters. The maximum absolute atomic E-state index is 12.9. The van der Waals surface area contributed by atoms with Crippen LogP contribution in [-0.2, 0) is 17.8 Å². The van der Waals surface area contributed by atoms with Crippen molar-refractivity contribution in [1.82, 2.24) is 9.80 Å². The van der Waals surface area contributed by atoms with Crippen molar-refractivity contribution in [3.8, 4) is 0 Å². The van der Waals surface area contributed by atoms with Gasteiger partial charge >= 0.3 is 0 Å². The van der Waals surface area contributed by atoms with Crippen molar-refractivity contribution in [2.45, 2.75) is 26.3 Å². The predicted molar refractivity (Wildman–Crippen MR) is 110 cm³/mol. The maximum Gasteiger partial charge on any atom is 0.253 e. The fourth-order valence-corrected chi connectivity index (χ4v) is 4.13. The van der Waals surface area contributed by atoms with Crippen LogP contribution < -0.4 is 4.90 Å². The Hall–Kier alpha value is -2.66. The topological polar surface area (TPSA) is 43.9 Å². The second-order valence-corrected chi connectivity index (χ2v) is 7.62. The molecule has 28 heavy (non-hydrogen) atoms. The zero-order chi connectivity index (χ0) is 19.5. The Bertz CT molecular complexity index is 857. The molecule has 2 aliphatic heterocycles. The van der Waals surface area contributed by atoms with Crippen LogP contribution in [0.4, 0.5) is 5.69 Å². The average Bonchev–Trinajstić information content (AvgIpc) is 3.03. The number of nitrogens with zero attached hydrogens (tertiary/aromatic N) is 3. The molecule has 0 N–H and O–H groups in total. The van der Waals surface area contributed by atoms with Gasteiger partial charge in [0, 0.05) is 37.4 Å². The third-order valence-electron chi connectivity index (χ3n) is 5.64. The van der Waals surface area contributed by atoms with Gasteiger partial charge in [0.1, 0.15) is 0 Å². The lowest BCUT2D eigenvalue weighted by Crippen LogP contribution is -2.48. The van der Waals surface area contributed by atoms with Crippen LogP contribution in [0.5, 0.6) is 0 Å². The lowest BCUT2D eigenvalue weighted by Gasteiger charge is -2.34. The largest absolute Gasteiger partial charge is 0.336 e. The minimum Gasteiger partial charge on any atom is -0.336 e. The number of fused-ring (bicyclic) bond motifs is 1. The van der Waals surface area contributed by atoms with Gasteiger partial charge < -0.3 is 9.80 Å². The summed E-state index contributed by atoms with van der Waals surface area (Å²) in [5.41, 5.74) is 3.68. The first-order chi connectivity index (χ1) is 13.7. The van der Waals surface area contributed by atoms with E-state index < -0.39 is 0 Å². The molecule has 1 saturated heterocycles. The summed E-state index contributed by atoms with van der Waals surface area (Å²) in [6.07, 6.45) is 1.51. The maximum atomic E-state index is 12.9. The molecule has 2 heterocycles. The summed E-state index contributed by atoms with van der Waals surface area (Å²) in [7, 11) is 0. The zero-order valence-corrected chi connectivity index (χ0v) is 16.4. The quantitative estimate of drug-likeness (QED) is 0.805. The summed E-state index contributed by atoms with van der Waals surface area (Å²) in [6, 6.07) is 15.7. The van der Waals surface area contributed by atoms with Crippen molar-refractivity contribution in [1.29, 1.82) is 0 Å². The minimum atomic E-state index is 0.0768. The molecule has 0 bridgehead atoms. The lowest BCUT2D eigenvalue weighted by molar-refractivity contribution is -0.117. The summed E-state index contributed by atoms with van der Waals surface area (Å²) < 4.78 is 0. The highest BCUT2D eigenvalue weighted by atomic mass is 16.2. The third-order valence-corrected chi connectivity index (χ3v) is 5.64. The van der Waals surface area contributed by atoms with Crippen LogP contribution in [0, 0.1) is 0 Å². The van der Waals surface area contributed by atoms with Gasteiger partial charge in [0.25, 0.3) is 5.91 Å². The first-order valence-corrected chi connectivity index (χ1v) is 10.1. The van der Waals surface area contributed by atoms with E-state index in [1.165, 1.54) is 0 Å². The highest BCUT2D eigenvalue weighted by Crippen LogP contribution is 2.31. The molecule has 0 unspecified atom stereocenters. The first-order valence-electron chi connectivity index (χ1n) is 10.1. The molecular formula is C23H27N3O2. The molecule has 2 aliphatic rings. The van der Waals surface area contributed by atoms with Crippen LogP contribution in [-0.4, -0.2) is 54.3 Å². The summed E-state index contributed by atoms with van der Waals surface area (Å²) in [5, 5.41) is 0. The van der Waals surface area contributed by atoms with Gasteiger partial charge in [-0.3, -0.25) is 14.5 Å². The normalized spacial score (nSPS) is 17.1. The Balaban J connectivity index is 1.47. The Morgan fingerprint density at radius 1 is 1.00 bits per heavy atom. The fourth-order valence-electron chi connectivity index (χ4n) is 4.13. The number of hydrogen-bond acceptors (Lipinski definition) is 3. The van der Waals surface area contributed by atoms with Crippen molar-refractivity contribution in [3.63, 3.8) is 0 Å². The summed E-state index contributed by atoms with van der Waals surface area (Å²) in [6.45, 7) is 7.27. The van der Waals surface area contributed by atoms with Crippen LogP contribution in [0.2, 0.25) is 0 Å². The van der Waals surface area contributed by atoms with Gasteiger partial charge in [0.15, 0.2) is 0 Å². The number of benzene rings is 2. The van der Waals surface area contributed by atoms with E-state index in [-0.39, 0.29) is 11.8 Å². The van der Waals surface area contributed by atoms with E-state index in [0.717, 1.165) is 56.0 Å². The molecule has 2 aromatic carbocycles. The highest BCUT2D eigenvalue weighted by Gasteiger charge is 2.29. The molecule has 5 heteroatoms. The van der Waals surface area contributed by atoms with Gasteiger partial charge in [-0.2, -0.15) is 0 Å². The van der Waals surface area contributed by atoms with Crippen LogP contribution in [0.25, 0.3) is 0 Å². The van der Waals surface area contributed by atoms with Crippen molar-refractivity contribution < 1.29 is 9.59 Å². The van der Waals surface area contributed by atoms with E-state index in [4.69, 9.17) is 0 Å². The molecular weight excluding hydrogens is 350 g/mol. The summed E-state index contributed by atoms with van der Waals surface area (Å²) in [5.74, 6) is 0.171. The predicted octanol–water partition coefficient (Wildman–Crippen LogP) is 2.94. The van der Waals surface area contributed by atoms with Gasteiger partial charge in [-0.05, 0) is 42.3 Å². The molecule has 4 rings (SSSR count). The monoisotopic (exact) mass is 377 g/mol. The van der Waals surface area contributed by atoms with E-state index >= 15 is 0 Å². The van der Waals surface area contributed by atoms with Crippen LogP contribution in [0.3, 0.4) is 0 Å². The summed E-state index contributed by atoms with van der Waals surface area (Å²) in [4.78, 5) is 31.6. The van der Waals surface area contributed by atoms with Crippen molar-refractivity contribution in [2.24, 2.45) is 0 Å². The zero-order valence-electron chi connectivity index (χ0n) is 16.4. The Kier molecular flexibility index (Phi) is 5.44. The number of carbonyl (C=O) groups is 2. The SMILES string of the molecule is CCCN1CCN(C(=O)c2ccc3c(c2)CC(=O)N3Cc2ccccc2)CC1. The number of piperazine rings is 1. The first kappa shape index (κ1) is 18.7. The molecule has 5 nitrogen and oxygen atoms in total. The van der Waals surface area contributed by atoms with E-state index in [9.17, 15) is 9.59 Å². The summed E-state index contributed by atoms with van der Waals surface area (Å²) >= 11 is 0. The van der Waals surface area contributed by atoms with Crippen LogP contribution in [0.15, 0.2) is 48.5 Å². The minimum absolute atomic E-state index is 0.0768. The van der Waals surface area contributed by atoms with Gasteiger partial charge in [-0.25, -0.2) is 0 Å². The molecule has 1 fully saturated rings. The van der Waals surface area contributed by atoms with E-state index in [1.807, 2.05) is 58.3 Å². The average molecular weight is 377 g/mol. The highest BCUT2D eigenvalue weighted by molar-refractivity contribution is 6.03. The van der Waals surface area contributed by atoms with Crippen LogP contribution >= 0.6 is 0 Å². The molecule has 146 valence electrons. The Labute approximate surface area is 166 Å². The van der Waals surface area contributed by atoms with Crippen LogP contribution in [0.1, 0.15) is 34.8 Å². The Morgan fingerprint density at radius 2 is 1.75 bits per heavy atom. The van der Waals surface area contributed by atoms with Gasteiger partial charge in [-0.1, -0.05) is 37.3 Å². The second kappa shape index (κ2) is 8.15. The number of anilines is 1. The number of hydrogen-bond donors (Lipinski definition) is 0. The molecule has 0 spiro atoms. The van der Waals surface area contributed by atoms with E-state index in [0.29, 0.717) is 18.5 Å². The molecule has 0 radical (unpaired) electrons. The molecule has 0 aliphatic carbocycles. The number of carbonyl (C=O) groups excluding carboxylic acids is 2. The fraction of sp³-hybridized carbons (Fsp3) is 0.391. The molecule has 2 aromatic rings. The third kappa shape index (κ3) is 3.80. The van der Waals surface area contributed by atoms with Gasteiger partial charge in [0.2, 0.25) is 5.91 Å². The van der Waals surface area contributed by atoms with Crippen molar-refractivity contribution in [3.05, 3.63) is 65.2 Å².